The minimum absolute atomic E-state index is 0.434. The summed E-state index contributed by atoms with van der Waals surface area (Å²) in [5.74, 6) is 0. The fourth-order valence-corrected chi connectivity index (χ4v) is 5.85. The number of nitrogens with one attached hydrogen (secondary N) is 1. The first-order chi connectivity index (χ1) is 7.99. The summed E-state index contributed by atoms with van der Waals surface area (Å²) in [5.41, 5.74) is 0.884. The van der Waals surface area contributed by atoms with Gasteiger partial charge in [0.15, 0.2) is 0 Å². The van der Waals surface area contributed by atoms with Crippen molar-refractivity contribution in [3.8, 4) is 0 Å². The highest BCUT2D eigenvalue weighted by atomic mass is 33.1. The topological polar surface area (TPSA) is 21.8 Å². The zero-order valence-corrected chi connectivity index (χ0v) is 13.0. The molecule has 0 aromatic rings. The lowest BCUT2D eigenvalue weighted by Gasteiger charge is -2.45. The standard InChI is InChI=1S/C11H24N4S2/c1-8-6-14(5)7-9(2)15(8)11-12-10(13(3)4)16-17-11/h8-12H,6-7H2,1-5H3. The number of likely N-dealkylation sites (N-methyl/N-ethyl adjacent to an activating group) is 1. The van der Waals surface area contributed by atoms with E-state index in [2.05, 4.69) is 55.0 Å². The molecule has 4 nitrogen and oxygen atoms in total. The summed E-state index contributed by atoms with van der Waals surface area (Å²) in [6.07, 6.45) is 0. The van der Waals surface area contributed by atoms with E-state index >= 15 is 0 Å². The molecule has 1 N–H and O–H groups in total. The number of nitrogens with zero attached hydrogens (tertiary/aromatic N) is 3. The Balaban J connectivity index is 1.98. The van der Waals surface area contributed by atoms with Gasteiger partial charge in [0.25, 0.3) is 0 Å². The third-order valence-corrected chi connectivity index (χ3v) is 6.27. The Bertz CT molecular complexity index is 252. The highest BCUT2D eigenvalue weighted by Crippen LogP contribution is 2.40. The minimum atomic E-state index is 0.434. The largest absolute Gasteiger partial charge is 0.303 e. The zero-order chi connectivity index (χ0) is 12.6. The Labute approximate surface area is 113 Å². The summed E-state index contributed by atoms with van der Waals surface area (Å²) in [5, 5.41) is 3.70. The molecule has 0 aliphatic carbocycles. The van der Waals surface area contributed by atoms with Crippen molar-refractivity contribution in [3.05, 3.63) is 0 Å². The summed E-state index contributed by atoms with van der Waals surface area (Å²) in [4.78, 5) is 7.30. The van der Waals surface area contributed by atoms with Crippen molar-refractivity contribution in [1.29, 1.82) is 0 Å². The minimum Gasteiger partial charge on any atom is -0.303 e. The molecule has 0 radical (unpaired) electrons. The molecule has 0 bridgehead atoms. The van der Waals surface area contributed by atoms with E-state index in [0.717, 1.165) is 0 Å². The SMILES string of the molecule is CC1CN(C)CC(C)N1C1NC(N(C)C)SS1. The van der Waals surface area contributed by atoms with Crippen LogP contribution in [0.1, 0.15) is 13.8 Å². The maximum Gasteiger partial charge on any atom is 0.121 e. The smallest absolute Gasteiger partial charge is 0.121 e. The fourth-order valence-electron chi connectivity index (χ4n) is 2.72. The predicted octanol–water partition coefficient (Wildman–Crippen LogP) is 1.12. The van der Waals surface area contributed by atoms with Crippen molar-refractivity contribution in [3.63, 3.8) is 0 Å². The van der Waals surface area contributed by atoms with E-state index in [1.54, 1.807) is 0 Å². The molecule has 4 atom stereocenters. The van der Waals surface area contributed by atoms with E-state index in [-0.39, 0.29) is 0 Å². The molecule has 0 saturated carbocycles. The lowest BCUT2D eigenvalue weighted by molar-refractivity contribution is 0.0309. The van der Waals surface area contributed by atoms with E-state index in [9.17, 15) is 0 Å². The van der Waals surface area contributed by atoms with Crippen molar-refractivity contribution in [1.82, 2.24) is 20.0 Å². The summed E-state index contributed by atoms with van der Waals surface area (Å²) >= 11 is 0. The molecule has 17 heavy (non-hydrogen) atoms. The number of hydrogen-bond donors (Lipinski definition) is 1. The Hall–Kier alpha value is 0.540. The second-order valence-electron chi connectivity index (χ2n) is 5.39. The molecule has 2 fully saturated rings. The predicted molar refractivity (Wildman–Crippen MR) is 77.8 cm³/mol. The third kappa shape index (κ3) is 3.11. The van der Waals surface area contributed by atoms with Crippen LogP contribution in [0, 0.1) is 0 Å². The second-order valence-corrected chi connectivity index (χ2v) is 7.83. The first-order valence-electron chi connectivity index (χ1n) is 6.19. The van der Waals surface area contributed by atoms with Crippen LogP contribution in [0.25, 0.3) is 0 Å². The van der Waals surface area contributed by atoms with Gasteiger partial charge in [0.2, 0.25) is 0 Å². The maximum absolute atomic E-state index is 3.70. The van der Waals surface area contributed by atoms with Gasteiger partial charge in [-0.3, -0.25) is 15.1 Å². The first-order valence-corrected chi connectivity index (χ1v) is 8.47. The molecule has 0 spiro atoms. The Kier molecular flexibility index (Phi) is 4.66. The zero-order valence-electron chi connectivity index (χ0n) is 11.4. The van der Waals surface area contributed by atoms with Crippen LogP contribution in [-0.2, 0) is 0 Å². The molecule has 0 aromatic heterocycles. The van der Waals surface area contributed by atoms with E-state index in [1.807, 2.05) is 21.6 Å². The lowest BCUT2D eigenvalue weighted by Crippen LogP contribution is -2.61. The molecular formula is C11H24N4S2. The molecule has 2 heterocycles. The maximum atomic E-state index is 3.70. The number of hydrogen-bond acceptors (Lipinski definition) is 6. The van der Waals surface area contributed by atoms with Crippen molar-refractivity contribution < 1.29 is 0 Å². The average Bonchev–Trinajstić information content (AvgIpc) is 2.65. The first kappa shape index (κ1) is 14.0. The van der Waals surface area contributed by atoms with Gasteiger partial charge in [0.05, 0.1) is 0 Å². The second kappa shape index (κ2) is 5.67. The molecule has 4 unspecified atom stereocenters. The van der Waals surface area contributed by atoms with Gasteiger partial charge < -0.3 is 4.90 Å². The summed E-state index contributed by atoms with van der Waals surface area (Å²) in [6.45, 7) is 7.00. The normalized spacial score (nSPS) is 41.3. The van der Waals surface area contributed by atoms with Crippen LogP contribution in [-0.4, -0.2) is 72.0 Å². The fraction of sp³-hybridized carbons (Fsp3) is 1.00. The monoisotopic (exact) mass is 276 g/mol. The van der Waals surface area contributed by atoms with Crippen LogP contribution in [0.4, 0.5) is 0 Å². The number of rotatable bonds is 2. The molecule has 0 amide bonds. The van der Waals surface area contributed by atoms with Crippen molar-refractivity contribution in [2.45, 2.75) is 36.9 Å². The molecular weight excluding hydrogens is 252 g/mol. The van der Waals surface area contributed by atoms with Gasteiger partial charge in [-0.25, -0.2) is 0 Å². The number of piperazine rings is 1. The highest BCUT2D eigenvalue weighted by molar-refractivity contribution is 8.77. The molecule has 6 heteroatoms. The molecule has 0 aromatic carbocycles. The van der Waals surface area contributed by atoms with Crippen LogP contribution in [0.2, 0.25) is 0 Å². The van der Waals surface area contributed by atoms with Crippen LogP contribution in [0.15, 0.2) is 0 Å². The molecule has 2 saturated heterocycles. The van der Waals surface area contributed by atoms with Crippen LogP contribution < -0.4 is 5.32 Å². The Morgan fingerprint density at radius 2 is 1.71 bits per heavy atom. The van der Waals surface area contributed by atoms with Crippen LogP contribution >= 0.6 is 21.6 Å². The van der Waals surface area contributed by atoms with Crippen LogP contribution in [0.3, 0.4) is 0 Å². The van der Waals surface area contributed by atoms with Crippen molar-refractivity contribution in [2.24, 2.45) is 0 Å². The Morgan fingerprint density at radius 3 is 2.18 bits per heavy atom. The summed E-state index contributed by atoms with van der Waals surface area (Å²) in [6, 6.07) is 1.24. The quantitative estimate of drug-likeness (QED) is 0.758. The average molecular weight is 276 g/mol. The van der Waals surface area contributed by atoms with Gasteiger partial charge in [-0.05, 0) is 35.0 Å². The molecule has 2 rings (SSSR count). The van der Waals surface area contributed by atoms with Crippen molar-refractivity contribution >= 4 is 21.6 Å². The third-order valence-electron chi connectivity index (χ3n) is 3.43. The highest BCUT2D eigenvalue weighted by Gasteiger charge is 2.38. The molecule has 2 aliphatic heterocycles. The summed E-state index contributed by atoms with van der Waals surface area (Å²) < 4.78 is 0. The lowest BCUT2D eigenvalue weighted by atomic mass is 10.1. The van der Waals surface area contributed by atoms with E-state index in [0.29, 0.717) is 23.1 Å². The van der Waals surface area contributed by atoms with Gasteiger partial charge >= 0.3 is 0 Å². The van der Waals surface area contributed by atoms with E-state index < -0.39 is 0 Å². The van der Waals surface area contributed by atoms with Crippen LogP contribution in [0.5, 0.6) is 0 Å². The summed E-state index contributed by atoms with van der Waals surface area (Å²) in [7, 11) is 10.4. The van der Waals surface area contributed by atoms with Gasteiger partial charge in [-0.1, -0.05) is 21.6 Å². The molecule has 100 valence electrons. The van der Waals surface area contributed by atoms with Gasteiger partial charge in [0, 0.05) is 25.2 Å². The van der Waals surface area contributed by atoms with Gasteiger partial charge in [-0.15, -0.1) is 0 Å². The molecule has 2 aliphatic rings. The van der Waals surface area contributed by atoms with E-state index in [4.69, 9.17) is 0 Å². The van der Waals surface area contributed by atoms with Crippen molar-refractivity contribution in [2.75, 3.05) is 34.2 Å². The Morgan fingerprint density at radius 1 is 1.12 bits per heavy atom. The van der Waals surface area contributed by atoms with Gasteiger partial charge in [0.1, 0.15) is 11.0 Å². The van der Waals surface area contributed by atoms with Gasteiger partial charge in [-0.2, -0.15) is 0 Å². The van der Waals surface area contributed by atoms with E-state index in [1.165, 1.54) is 13.1 Å².